The molecule has 0 heterocycles. The molecule has 0 aliphatic rings. The van der Waals surface area contributed by atoms with Crippen molar-refractivity contribution in [3.05, 3.63) is 64.1 Å². The van der Waals surface area contributed by atoms with E-state index >= 15 is 0 Å². The van der Waals surface area contributed by atoms with Crippen LogP contribution in [-0.2, 0) is 16.1 Å². The second-order valence-corrected chi connectivity index (χ2v) is 6.80. The van der Waals surface area contributed by atoms with Crippen molar-refractivity contribution in [2.24, 2.45) is 5.92 Å². The summed E-state index contributed by atoms with van der Waals surface area (Å²) in [4.78, 5) is 26.7. The van der Waals surface area contributed by atoms with Crippen LogP contribution in [0.5, 0.6) is 5.75 Å². The van der Waals surface area contributed by atoms with Gasteiger partial charge in [0.1, 0.15) is 5.75 Å². The lowest BCUT2D eigenvalue weighted by molar-refractivity contribution is -0.145. The zero-order valence-corrected chi connectivity index (χ0v) is 16.7. The molecule has 1 unspecified atom stereocenters. The number of halogens is 1. The lowest BCUT2D eigenvalue weighted by Crippen LogP contribution is -2.37. The number of esters is 1. The minimum absolute atomic E-state index is 0.185. The van der Waals surface area contributed by atoms with Crippen molar-refractivity contribution in [2.45, 2.75) is 13.5 Å². The summed E-state index contributed by atoms with van der Waals surface area (Å²) in [5, 5.41) is 0. The van der Waals surface area contributed by atoms with Crippen LogP contribution < -0.4 is 4.74 Å². The number of benzene rings is 2. The van der Waals surface area contributed by atoms with Gasteiger partial charge in [-0.25, -0.2) is 0 Å². The molecule has 0 fully saturated rings. The number of rotatable bonds is 7. The SMILES string of the molecule is COC(=O)C(C)CN(Cc1ccccc1)C(=O)c1cc(OC)ccc1Br. The van der Waals surface area contributed by atoms with Gasteiger partial charge in [0.25, 0.3) is 5.91 Å². The number of methoxy groups -OCH3 is 2. The van der Waals surface area contributed by atoms with Gasteiger partial charge >= 0.3 is 5.97 Å². The fraction of sp³-hybridized carbons (Fsp3) is 0.300. The molecule has 2 aromatic rings. The third kappa shape index (κ3) is 5.08. The number of nitrogens with zero attached hydrogens (tertiary/aromatic N) is 1. The fourth-order valence-corrected chi connectivity index (χ4v) is 3.01. The van der Waals surface area contributed by atoms with Gasteiger partial charge in [-0.3, -0.25) is 9.59 Å². The van der Waals surface area contributed by atoms with Gasteiger partial charge in [-0.2, -0.15) is 0 Å². The number of ether oxygens (including phenoxy) is 2. The summed E-state index contributed by atoms with van der Waals surface area (Å²) in [5.74, 6) is -0.370. The molecular weight excluding hydrogens is 398 g/mol. The third-order valence-electron chi connectivity index (χ3n) is 4.01. The van der Waals surface area contributed by atoms with Crippen LogP contribution in [0.3, 0.4) is 0 Å². The Kier molecular flexibility index (Phi) is 7.21. The van der Waals surface area contributed by atoms with Crippen molar-refractivity contribution in [3.63, 3.8) is 0 Å². The van der Waals surface area contributed by atoms with E-state index in [0.29, 0.717) is 22.3 Å². The zero-order chi connectivity index (χ0) is 19.1. The number of hydrogen-bond donors (Lipinski definition) is 0. The first kappa shape index (κ1) is 20.0. The fourth-order valence-electron chi connectivity index (χ4n) is 2.59. The van der Waals surface area contributed by atoms with E-state index in [0.717, 1.165) is 5.56 Å². The van der Waals surface area contributed by atoms with Crippen LogP contribution in [-0.4, -0.2) is 37.5 Å². The maximum atomic E-state index is 13.2. The van der Waals surface area contributed by atoms with E-state index in [9.17, 15) is 9.59 Å². The molecule has 0 aliphatic carbocycles. The van der Waals surface area contributed by atoms with Crippen LogP contribution in [0.2, 0.25) is 0 Å². The highest BCUT2D eigenvalue weighted by Crippen LogP contribution is 2.25. The molecule has 0 saturated carbocycles. The Morgan fingerprint density at radius 1 is 1.12 bits per heavy atom. The Labute approximate surface area is 162 Å². The maximum absolute atomic E-state index is 13.2. The molecule has 0 N–H and O–H groups in total. The van der Waals surface area contributed by atoms with E-state index in [1.54, 1.807) is 37.1 Å². The predicted molar refractivity (Wildman–Crippen MR) is 103 cm³/mol. The number of carbonyl (C=O) groups is 2. The summed E-state index contributed by atoms with van der Waals surface area (Å²) in [6.45, 7) is 2.40. The molecule has 0 radical (unpaired) electrons. The van der Waals surface area contributed by atoms with Gasteiger partial charge in [-0.05, 0) is 39.7 Å². The highest BCUT2D eigenvalue weighted by molar-refractivity contribution is 9.10. The summed E-state index contributed by atoms with van der Waals surface area (Å²) in [5.41, 5.74) is 1.47. The average molecular weight is 420 g/mol. The van der Waals surface area contributed by atoms with Crippen LogP contribution in [0.1, 0.15) is 22.8 Å². The third-order valence-corrected chi connectivity index (χ3v) is 4.70. The van der Waals surface area contributed by atoms with Crippen molar-refractivity contribution in [1.29, 1.82) is 0 Å². The molecular formula is C20H22BrNO4. The first-order valence-corrected chi connectivity index (χ1v) is 9.00. The zero-order valence-electron chi connectivity index (χ0n) is 15.1. The van der Waals surface area contributed by atoms with Crippen molar-refractivity contribution in [1.82, 2.24) is 4.90 Å². The van der Waals surface area contributed by atoms with Crippen molar-refractivity contribution < 1.29 is 19.1 Å². The minimum Gasteiger partial charge on any atom is -0.497 e. The van der Waals surface area contributed by atoms with Gasteiger partial charge in [0.15, 0.2) is 0 Å². The Morgan fingerprint density at radius 2 is 1.81 bits per heavy atom. The Bertz CT molecular complexity index is 764. The smallest absolute Gasteiger partial charge is 0.310 e. The molecule has 2 aromatic carbocycles. The van der Waals surface area contributed by atoms with E-state index in [-0.39, 0.29) is 18.4 Å². The number of carbonyl (C=O) groups excluding carboxylic acids is 2. The standard InChI is InChI=1S/C20H22BrNO4/c1-14(20(24)26-3)12-22(13-15-7-5-4-6-8-15)19(23)17-11-16(25-2)9-10-18(17)21/h4-11,14H,12-13H2,1-3H3. The van der Waals surface area contributed by atoms with Crippen LogP contribution in [0, 0.1) is 5.92 Å². The average Bonchev–Trinajstić information content (AvgIpc) is 2.67. The van der Waals surface area contributed by atoms with Gasteiger partial charge in [-0.1, -0.05) is 37.3 Å². The van der Waals surface area contributed by atoms with Gasteiger partial charge in [0, 0.05) is 17.6 Å². The van der Waals surface area contributed by atoms with Crippen molar-refractivity contribution >= 4 is 27.8 Å². The monoisotopic (exact) mass is 419 g/mol. The molecule has 0 saturated heterocycles. The van der Waals surface area contributed by atoms with E-state index in [4.69, 9.17) is 9.47 Å². The Hall–Kier alpha value is -2.34. The first-order valence-electron chi connectivity index (χ1n) is 8.20. The topological polar surface area (TPSA) is 55.8 Å². The maximum Gasteiger partial charge on any atom is 0.310 e. The van der Waals surface area contributed by atoms with E-state index < -0.39 is 5.92 Å². The Morgan fingerprint density at radius 3 is 2.42 bits per heavy atom. The lowest BCUT2D eigenvalue weighted by atomic mass is 10.1. The molecule has 0 aromatic heterocycles. The van der Waals surface area contributed by atoms with E-state index in [1.807, 2.05) is 30.3 Å². The summed E-state index contributed by atoms with van der Waals surface area (Å²) in [6.07, 6.45) is 0. The molecule has 6 heteroatoms. The second kappa shape index (κ2) is 9.38. The van der Waals surface area contributed by atoms with Gasteiger partial charge < -0.3 is 14.4 Å². The van der Waals surface area contributed by atoms with E-state index in [1.165, 1.54) is 7.11 Å². The number of amides is 1. The molecule has 2 rings (SSSR count). The van der Waals surface area contributed by atoms with Gasteiger partial charge in [0.2, 0.25) is 0 Å². The highest BCUT2D eigenvalue weighted by atomic mass is 79.9. The quantitative estimate of drug-likeness (QED) is 0.638. The largest absolute Gasteiger partial charge is 0.497 e. The first-order chi connectivity index (χ1) is 12.5. The molecule has 0 aliphatic heterocycles. The predicted octanol–water partition coefficient (Wildman–Crippen LogP) is 3.91. The van der Waals surface area contributed by atoms with Gasteiger partial charge in [-0.15, -0.1) is 0 Å². The molecule has 138 valence electrons. The molecule has 0 spiro atoms. The van der Waals surface area contributed by atoms with Crippen LogP contribution in [0.15, 0.2) is 53.0 Å². The molecule has 5 nitrogen and oxygen atoms in total. The van der Waals surface area contributed by atoms with Crippen LogP contribution in [0.4, 0.5) is 0 Å². The summed E-state index contributed by atoms with van der Waals surface area (Å²) in [6, 6.07) is 14.9. The normalized spacial score (nSPS) is 11.5. The summed E-state index contributed by atoms with van der Waals surface area (Å²) in [7, 11) is 2.90. The minimum atomic E-state index is -0.433. The molecule has 1 amide bonds. The van der Waals surface area contributed by atoms with Crippen LogP contribution in [0.25, 0.3) is 0 Å². The van der Waals surface area contributed by atoms with E-state index in [2.05, 4.69) is 15.9 Å². The van der Waals surface area contributed by atoms with Crippen molar-refractivity contribution in [3.8, 4) is 5.75 Å². The highest BCUT2D eigenvalue weighted by Gasteiger charge is 2.24. The van der Waals surface area contributed by atoms with Crippen molar-refractivity contribution in [2.75, 3.05) is 20.8 Å². The molecule has 0 bridgehead atoms. The second-order valence-electron chi connectivity index (χ2n) is 5.94. The van der Waals surface area contributed by atoms with Gasteiger partial charge in [0.05, 0.1) is 25.7 Å². The summed E-state index contributed by atoms with van der Waals surface area (Å²) < 4.78 is 10.7. The Balaban J connectivity index is 2.32. The lowest BCUT2D eigenvalue weighted by Gasteiger charge is -2.26. The van der Waals surface area contributed by atoms with Crippen LogP contribution >= 0.6 is 15.9 Å². The molecule has 26 heavy (non-hydrogen) atoms. The molecule has 1 atom stereocenters. The number of hydrogen-bond acceptors (Lipinski definition) is 4. The summed E-state index contributed by atoms with van der Waals surface area (Å²) >= 11 is 3.43.